The first kappa shape index (κ1) is 16.8. The van der Waals surface area contributed by atoms with Crippen LogP contribution >= 0.6 is 0 Å². The summed E-state index contributed by atoms with van der Waals surface area (Å²) in [5, 5.41) is 3.25. The fourth-order valence-electron chi connectivity index (χ4n) is 5.09. The second-order valence-corrected chi connectivity index (χ2v) is 8.31. The van der Waals surface area contributed by atoms with E-state index in [1.807, 2.05) is 18.2 Å². The molecule has 1 aromatic heterocycles. The monoisotopic (exact) mass is 342 g/mol. The number of amides is 2. The maximum absolute atomic E-state index is 12.9. The van der Waals surface area contributed by atoms with Gasteiger partial charge in [0, 0.05) is 31.9 Å². The van der Waals surface area contributed by atoms with E-state index < -0.39 is 0 Å². The maximum atomic E-state index is 12.9. The number of likely N-dealkylation sites (tertiary alicyclic amines) is 1. The van der Waals surface area contributed by atoms with Gasteiger partial charge in [-0.2, -0.15) is 0 Å². The molecular weight excluding hydrogens is 312 g/mol. The minimum absolute atomic E-state index is 0.0275. The molecule has 3 fully saturated rings. The molecule has 3 aliphatic heterocycles. The fourth-order valence-corrected chi connectivity index (χ4v) is 5.09. The lowest BCUT2D eigenvalue weighted by Gasteiger charge is -2.33. The van der Waals surface area contributed by atoms with Crippen LogP contribution in [0.2, 0.25) is 0 Å². The Morgan fingerprint density at radius 3 is 2.88 bits per heavy atom. The topological polar surface area (TPSA) is 48.5 Å². The van der Waals surface area contributed by atoms with E-state index in [9.17, 15) is 4.79 Å². The zero-order valence-electron chi connectivity index (χ0n) is 15.4. The van der Waals surface area contributed by atoms with E-state index in [1.165, 1.54) is 32.4 Å². The van der Waals surface area contributed by atoms with Crippen molar-refractivity contribution in [1.29, 1.82) is 0 Å². The molecule has 0 aromatic carbocycles. The number of urea groups is 1. The zero-order chi connectivity index (χ0) is 17.4. The van der Waals surface area contributed by atoms with E-state index in [2.05, 4.69) is 33.9 Å². The van der Waals surface area contributed by atoms with Crippen molar-refractivity contribution >= 4 is 6.03 Å². The zero-order valence-corrected chi connectivity index (χ0v) is 15.4. The van der Waals surface area contributed by atoms with Crippen LogP contribution in [0, 0.1) is 17.8 Å². The number of carbonyl (C=O) groups is 1. The Morgan fingerprint density at radius 2 is 2.12 bits per heavy atom. The first-order chi connectivity index (χ1) is 12.1. The summed E-state index contributed by atoms with van der Waals surface area (Å²) in [6, 6.07) is 6.68. The molecule has 2 amide bonds. The Kier molecular flexibility index (Phi) is 4.67. The van der Waals surface area contributed by atoms with Gasteiger partial charge in [-0.15, -0.1) is 0 Å². The lowest BCUT2D eigenvalue weighted by atomic mass is 9.90. The predicted octanol–water partition coefficient (Wildman–Crippen LogP) is 2.90. The molecule has 1 N–H and O–H groups in total. The van der Waals surface area contributed by atoms with Crippen molar-refractivity contribution in [2.24, 2.45) is 17.8 Å². The number of pyridine rings is 1. The highest BCUT2D eigenvalue weighted by Gasteiger charge is 2.48. The van der Waals surface area contributed by atoms with Crippen LogP contribution in [0.3, 0.4) is 0 Å². The van der Waals surface area contributed by atoms with Crippen molar-refractivity contribution in [3.8, 4) is 0 Å². The third kappa shape index (κ3) is 3.26. The van der Waals surface area contributed by atoms with Crippen molar-refractivity contribution in [2.45, 2.75) is 45.2 Å². The smallest absolute Gasteiger partial charge is 0.317 e. The van der Waals surface area contributed by atoms with Gasteiger partial charge in [0.15, 0.2) is 0 Å². The highest BCUT2D eigenvalue weighted by atomic mass is 16.2. The molecular formula is C20H30N4O. The van der Waals surface area contributed by atoms with Crippen LogP contribution in [0.25, 0.3) is 0 Å². The van der Waals surface area contributed by atoms with Gasteiger partial charge < -0.3 is 10.2 Å². The normalized spacial score (nSPS) is 30.2. The Morgan fingerprint density at radius 1 is 1.24 bits per heavy atom. The van der Waals surface area contributed by atoms with Crippen molar-refractivity contribution < 1.29 is 4.79 Å². The van der Waals surface area contributed by atoms with Crippen molar-refractivity contribution in [2.75, 3.05) is 26.2 Å². The number of hydrogen-bond acceptors (Lipinski definition) is 3. The number of piperidine rings is 1. The number of aromatic nitrogens is 1. The van der Waals surface area contributed by atoms with Gasteiger partial charge in [-0.3, -0.25) is 9.88 Å². The standard InChI is InChI=1S/C20H30N4O/c1-14(2)19(17-7-3-5-9-21-17)22-20(25)24-12-15-11-23-10-6-4-8-18(23)16(15)13-24/h3,5,7,9,14-16,18-19H,4,6,8,10-13H2,1-2H3,(H,22,25)/t15-,16+,18+,19-/m0/s1. The van der Waals surface area contributed by atoms with Crippen LogP contribution in [0.1, 0.15) is 44.8 Å². The molecule has 0 bridgehead atoms. The number of hydrogen-bond donors (Lipinski definition) is 1. The fraction of sp³-hybridized carbons (Fsp3) is 0.700. The average Bonchev–Trinajstić information content (AvgIpc) is 3.18. The molecule has 3 saturated heterocycles. The summed E-state index contributed by atoms with van der Waals surface area (Å²) in [6.45, 7) is 8.56. The lowest BCUT2D eigenvalue weighted by Crippen LogP contribution is -2.45. The third-order valence-corrected chi connectivity index (χ3v) is 6.36. The molecule has 5 heteroatoms. The summed E-state index contributed by atoms with van der Waals surface area (Å²) < 4.78 is 0. The minimum atomic E-state index is -0.0275. The van der Waals surface area contributed by atoms with E-state index in [4.69, 9.17) is 0 Å². The van der Waals surface area contributed by atoms with Crippen LogP contribution in [0.5, 0.6) is 0 Å². The van der Waals surface area contributed by atoms with Crippen LogP contribution < -0.4 is 5.32 Å². The van der Waals surface area contributed by atoms with Crippen LogP contribution in [0.4, 0.5) is 4.79 Å². The third-order valence-electron chi connectivity index (χ3n) is 6.36. The Balaban J connectivity index is 1.40. The molecule has 0 saturated carbocycles. The highest BCUT2D eigenvalue weighted by Crippen LogP contribution is 2.40. The Hall–Kier alpha value is -1.62. The van der Waals surface area contributed by atoms with E-state index in [0.717, 1.165) is 18.8 Å². The average molecular weight is 342 g/mol. The maximum Gasteiger partial charge on any atom is 0.317 e. The Bertz CT molecular complexity index is 605. The van der Waals surface area contributed by atoms with Gasteiger partial charge in [0.25, 0.3) is 0 Å². The minimum Gasteiger partial charge on any atom is -0.329 e. The second kappa shape index (κ2) is 6.94. The predicted molar refractivity (Wildman–Crippen MR) is 98.1 cm³/mol. The van der Waals surface area contributed by atoms with E-state index in [-0.39, 0.29) is 12.1 Å². The first-order valence-electron chi connectivity index (χ1n) is 9.84. The lowest BCUT2D eigenvalue weighted by molar-refractivity contribution is 0.152. The molecule has 5 nitrogen and oxygen atoms in total. The van der Waals surface area contributed by atoms with Gasteiger partial charge in [-0.1, -0.05) is 26.3 Å². The molecule has 4 atom stereocenters. The van der Waals surface area contributed by atoms with E-state index >= 15 is 0 Å². The summed E-state index contributed by atoms with van der Waals surface area (Å²) in [7, 11) is 0. The van der Waals surface area contributed by atoms with Gasteiger partial charge in [-0.25, -0.2) is 4.79 Å². The van der Waals surface area contributed by atoms with Crippen molar-refractivity contribution in [3.05, 3.63) is 30.1 Å². The largest absolute Gasteiger partial charge is 0.329 e. The summed E-state index contributed by atoms with van der Waals surface area (Å²) >= 11 is 0. The molecule has 3 aliphatic rings. The van der Waals surface area contributed by atoms with Crippen LogP contribution in [0.15, 0.2) is 24.4 Å². The number of rotatable bonds is 3. The number of fused-ring (bicyclic) bond motifs is 3. The Labute approximate surface area is 150 Å². The van der Waals surface area contributed by atoms with E-state index in [1.54, 1.807) is 6.20 Å². The molecule has 4 rings (SSSR count). The van der Waals surface area contributed by atoms with Gasteiger partial charge in [0.1, 0.15) is 0 Å². The quantitative estimate of drug-likeness (QED) is 0.919. The van der Waals surface area contributed by atoms with Gasteiger partial charge in [0.05, 0.1) is 11.7 Å². The second-order valence-electron chi connectivity index (χ2n) is 8.31. The number of nitrogens with zero attached hydrogens (tertiary/aromatic N) is 3. The molecule has 1 aromatic rings. The molecule has 4 heterocycles. The van der Waals surface area contributed by atoms with Gasteiger partial charge in [0.2, 0.25) is 0 Å². The van der Waals surface area contributed by atoms with Gasteiger partial charge in [-0.05, 0) is 49.3 Å². The van der Waals surface area contributed by atoms with E-state index in [0.29, 0.717) is 23.8 Å². The molecule has 0 spiro atoms. The highest BCUT2D eigenvalue weighted by molar-refractivity contribution is 5.75. The molecule has 25 heavy (non-hydrogen) atoms. The van der Waals surface area contributed by atoms with Crippen molar-refractivity contribution in [3.63, 3.8) is 0 Å². The summed E-state index contributed by atoms with van der Waals surface area (Å²) in [5.74, 6) is 1.66. The first-order valence-corrected chi connectivity index (χ1v) is 9.84. The number of carbonyl (C=O) groups excluding carboxylic acids is 1. The molecule has 0 radical (unpaired) electrons. The van der Waals surface area contributed by atoms with Crippen molar-refractivity contribution in [1.82, 2.24) is 20.1 Å². The van der Waals surface area contributed by atoms with Gasteiger partial charge >= 0.3 is 6.03 Å². The molecule has 0 unspecified atom stereocenters. The van der Waals surface area contributed by atoms with Crippen LogP contribution in [-0.2, 0) is 0 Å². The summed E-state index contributed by atoms with van der Waals surface area (Å²) in [4.78, 5) is 22.1. The molecule has 136 valence electrons. The SMILES string of the molecule is CC(C)[C@H](NC(=O)N1C[C@@H]2CN3CCCC[C@@H]3[C@@H]2C1)c1ccccn1. The summed E-state index contributed by atoms with van der Waals surface area (Å²) in [5.41, 5.74) is 0.948. The number of nitrogens with one attached hydrogen (secondary N) is 1. The summed E-state index contributed by atoms with van der Waals surface area (Å²) in [6.07, 6.45) is 5.82. The molecule has 0 aliphatic carbocycles. The van der Waals surface area contributed by atoms with Crippen LogP contribution in [-0.4, -0.2) is 53.0 Å².